The average molecular weight is 295 g/mol. The van der Waals surface area contributed by atoms with E-state index in [9.17, 15) is 15.2 Å². The Morgan fingerprint density at radius 2 is 2.14 bits per heavy atom. The number of aliphatic hydroxyl groups excluding tert-OH is 1. The molecule has 0 aliphatic heterocycles. The van der Waals surface area contributed by atoms with Crippen molar-refractivity contribution in [2.45, 2.75) is 25.7 Å². The highest BCUT2D eigenvalue weighted by molar-refractivity contribution is 5.57. The fourth-order valence-electron chi connectivity index (χ4n) is 2.85. The molecule has 116 valence electrons. The molecule has 1 aromatic rings. The minimum absolute atomic E-state index is 0.0628. The van der Waals surface area contributed by atoms with Gasteiger partial charge in [0.05, 0.1) is 12.0 Å². The van der Waals surface area contributed by atoms with Crippen LogP contribution >= 0.6 is 0 Å². The van der Waals surface area contributed by atoms with Crippen molar-refractivity contribution < 1.29 is 14.8 Å². The van der Waals surface area contributed by atoms with Crippen LogP contribution in [-0.4, -0.2) is 35.3 Å². The summed E-state index contributed by atoms with van der Waals surface area (Å²) in [5.41, 5.74) is -0.0628. The van der Waals surface area contributed by atoms with Crippen molar-refractivity contribution in [3.8, 4) is 5.88 Å². The molecule has 1 aromatic heterocycles. The minimum Gasteiger partial charge on any atom is -0.481 e. The van der Waals surface area contributed by atoms with Gasteiger partial charge in [-0.1, -0.05) is 12.8 Å². The van der Waals surface area contributed by atoms with Crippen molar-refractivity contribution in [2.24, 2.45) is 11.8 Å². The average Bonchev–Trinajstić information content (AvgIpc) is 2.52. The Labute approximate surface area is 123 Å². The first-order chi connectivity index (χ1) is 10.2. The van der Waals surface area contributed by atoms with Crippen molar-refractivity contribution in [1.29, 1.82) is 0 Å². The van der Waals surface area contributed by atoms with E-state index in [4.69, 9.17) is 4.74 Å². The van der Waals surface area contributed by atoms with Gasteiger partial charge in [0.15, 0.2) is 0 Å². The van der Waals surface area contributed by atoms with Crippen molar-refractivity contribution in [3.63, 3.8) is 0 Å². The second kappa shape index (κ2) is 7.21. The Morgan fingerprint density at radius 3 is 2.76 bits per heavy atom. The highest BCUT2D eigenvalue weighted by Gasteiger charge is 2.25. The van der Waals surface area contributed by atoms with Crippen molar-refractivity contribution in [3.05, 3.63) is 22.2 Å². The lowest BCUT2D eigenvalue weighted by Gasteiger charge is -2.30. The van der Waals surface area contributed by atoms with Gasteiger partial charge >= 0.3 is 5.69 Å². The van der Waals surface area contributed by atoms with Crippen LogP contribution in [0.15, 0.2) is 12.1 Å². The molecule has 2 N–H and O–H groups in total. The van der Waals surface area contributed by atoms with E-state index in [2.05, 4.69) is 10.3 Å². The van der Waals surface area contributed by atoms with Gasteiger partial charge in [0, 0.05) is 25.3 Å². The second-order valence-electron chi connectivity index (χ2n) is 5.35. The van der Waals surface area contributed by atoms with E-state index in [1.807, 2.05) is 0 Å². The van der Waals surface area contributed by atoms with E-state index in [1.54, 1.807) is 0 Å². The van der Waals surface area contributed by atoms with Crippen LogP contribution in [0.1, 0.15) is 25.7 Å². The van der Waals surface area contributed by atoms with Crippen LogP contribution in [0.5, 0.6) is 5.88 Å². The number of aliphatic hydroxyl groups is 1. The molecule has 1 heterocycles. The van der Waals surface area contributed by atoms with Gasteiger partial charge in [-0.05, 0) is 24.7 Å². The van der Waals surface area contributed by atoms with E-state index in [0.29, 0.717) is 18.3 Å². The molecule has 21 heavy (non-hydrogen) atoms. The number of nitrogens with zero attached hydrogens (tertiary/aromatic N) is 2. The maximum Gasteiger partial charge on any atom is 0.311 e. The standard InChI is InChI=1S/C14H21N3O4/c1-21-13-7-6-12(17(19)20)14(16-13)15-8-10-4-2-3-5-11(10)9-18/h6-7,10-11,18H,2-5,8-9H2,1H3,(H,15,16). The predicted molar refractivity (Wildman–Crippen MR) is 78.5 cm³/mol. The zero-order valence-corrected chi connectivity index (χ0v) is 12.1. The highest BCUT2D eigenvalue weighted by atomic mass is 16.6. The topological polar surface area (TPSA) is 97.5 Å². The zero-order chi connectivity index (χ0) is 15.2. The highest BCUT2D eigenvalue weighted by Crippen LogP contribution is 2.31. The first kappa shape index (κ1) is 15.5. The van der Waals surface area contributed by atoms with Gasteiger partial charge in [-0.2, -0.15) is 4.98 Å². The first-order valence-electron chi connectivity index (χ1n) is 7.20. The molecule has 1 fully saturated rings. The number of hydrogen-bond donors (Lipinski definition) is 2. The molecule has 0 spiro atoms. The lowest BCUT2D eigenvalue weighted by Crippen LogP contribution is -2.29. The molecule has 0 bridgehead atoms. The molecule has 1 aliphatic carbocycles. The lowest BCUT2D eigenvalue weighted by molar-refractivity contribution is -0.384. The molecular formula is C14H21N3O4. The van der Waals surface area contributed by atoms with Crippen LogP contribution in [0, 0.1) is 22.0 Å². The van der Waals surface area contributed by atoms with Crippen molar-refractivity contribution in [1.82, 2.24) is 4.98 Å². The van der Waals surface area contributed by atoms with Gasteiger partial charge in [-0.3, -0.25) is 10.1 Å². The summed E-state index contributed by atoms with van der Waals surface area (Å²) in [6, 6.07) is 2.86. The summed E-state index contributed by atoms with van der Waals surface area (Å²) in [5.74, 6) is 1.14. The van der Waals surface area contributed by atoms with Crippen LogP contribution in [0.4, 0.5) is 11.5 Å². The number of aromatic nitrogens is 1. The van der Waals surface area contributed by atoms with Gasteiger partial charge < -0.3 is 15.2 Å². The lowest BCUT2D eigenvalue weighted by atomic mass is 9.79. The third-order valence-corrected chi connectivity index (χ3v) is 4.09. The fraction of sp³-hybridized carbons (Fsp3) is 0.643. The molecule has 1 saturated carbocycles. The number of methoxy groups -OCH3 is 1. The summed E-state index contributed by atoms with van der Waals surface area (Å²) < 4.78 is 5.01. The van der Waals surface area contributed by atoms with Crippen LogP contribution < -0.4 is 10.1 Å². The van der Waals surface area contributed by atoms with Crippen LogP contribution in [0.3, 0.4) is 0 Å². The molecule has 0 saturated heterocycles. The smallest absolute Gasteiger partial charge is 0.311 e. The SMILES string of the molecule is COc1ccc([N+](=O)[O-])c(NCC2CCCCC2CO)n1. The number of anilines is 1. The molecule has 0 radical (unpaired) electrons. The Hall–Kier alpha value is -1.89. The van der Waals surface area contributed by atoms with Crippen LogP contribution in [-0.2, 0) is 0 Å². The third-order valence-electron chi connectivity index (χ3n) is 4.09. The van der Waals surface area contributed by atoms with Crippen LogP contribution in [0.25, 0.3) is 0 Å². The molecule has 7 heteroatoms. The molecule has 1 aliphatic rings. The number of rotatable bonds is 6. The maximum atomic E-state index is 11.0. The van der Waals surface area contributed by atoms with E-state index >= 15 is 0 Å². The molecule has 0 aromatic carbocycles. The van der Waals surface area contributed by atoms with Gasteiger partial charge in [-0.25, -0.2) is 0 Å². The molecule has 2 atom stereocenters. The summed E-state index contributed by atoms with van der Waals surface area (Å²) >= 11 is 0. The molecule has 2 rings (SSSR count). The first-order valence-corrected chi connectivity index (χ1v) is 7.20. The molecular weight excluding hydrogens is 274 g/mol. The third kappa shape index (κ3) is 3.81. The van der Waals surface area contributed by atoms with Crippen molar-refractivity contribution in [2.75, 3.05) is 25.6 Å². The van der Waals surface area contributed by atoms with Gasteiger partial charge in [0.1, 0.15) is 0 Å². The Bertz CT molecular complexity index is 495. The largest absolute Gasteiger partial charge is 0.481 e. The summed E-state index contributed by atoms with van der Waals surface area (Å²) in [6.45, 7) is 0.742. The summed E-state index contributed by atoms with van der Waals surface area (Å²) in [6.07, 6.45) is 4.31. The zero-order valence-electron chi connectivity index (χ0n) is 12.1. The Balaban J connectivity index is 2.09. The number of nitro groups is 1. The van der Waals surface area contributed by atoms with Crippen molar-refractivity contribution >= 4 is 11.5 Å². The quantitative estimate of drug-likeness (QED) is 0.617. The van der Waals surface area contributed by atoms with E-state index < -0.39 is 4.92 Å². The van der Waals surface area contributed by atoms with Gasteiger partial charge in [0.25, 0.3) is 0 Å². The van der Waals surface area contributed by atoms with E-state index in [-0.39, 0.29) is 24.0 Å². The minimum atomic E-state index is -0.459. The maximum absolute atomic E-state index is 11.0. The number of pyridine rings is 1. The van der Waals surface area contributed by atoms with E-state index in [0.717, 1.165) is 25.7 Å². The Kier molecular flexibility index (Phi) is 5.32. The Morgan fingerprint density at radius 1 is 1.43 bits per heavy atom. The normalized spacial score (nSPS) is 21.8. The number of ether oxygens (including phenoxy) is 1. The summed E-state index contributed by atoms with van der Waals surface area (Å²) in [7, 11) is 1.47. The fourth-order valence-corrected chi connectivity index (χ4v) is 2.85. The van der Waals surface area contributed by atoms with Crippen LogP contribution in [0.2, 0.25) is 0 Å². The monoisotopic (exact) mass is 295 g/mol. The number of nitrogens with one attached hydrogen (secondary N) is 1. The van der Waals surface area contributed by atoms with Gasteiger partial charge in [0.2, 0.25) is 11.7 Å². The molecule has 0 amide bonds. The predicted octanol–water partition coefficient (Wildman–Crippen LogP) is 2.21. The van der Waals surface area contributed by atoms with Gasteiger partial charge in [-0.15, -0.1) is 0 Å². The second-order valence-corrected chi connectivity index (χ2v) is 5.35. The summed E-state index contributed by atoms with van der Waals surface area (Å²) in [4.78, 5) is 14.7. The van der Waals surface area contributed by atoms with E-state index in [1.165, 1.54) is 19.2 Å². The molecule has 7 nitrogen and oxygen atoms in total. The number of hydrogen-bond acceptors (Lipinski definition) is 6. The molecule has 2 unspecified atom stereocenters. The summed E-state index contributed by atoms with van der Waals surface area (Å²) in [5, 5.41) is 23.5.